The molecule has 6 nitrogen and oxygen atoms in total. The van der Waals surface area contributed by atoms with E-state index in [0.29, 0.717) is 12.2 Å². The molecule has 1 heterocycles. The van der Waals surface area contributed by atoms with Crippen molar-refractivity contribution in [3.05, 3.63) is 35.9 Å². The SMILES string of the molecule is O=C(CCOCC1CCCO1)N[C@H](C(=O)O)c1ccccc1. The fourth-order valence-corrected chi connectivity index (χ4v) is 2.32. The van der Waals surface area contributed by atoms with E-state index in [1.807, 2.05) is 0 Å². The number of amides is 1. The van der Waals surface area contributed by atoms with E-state index in [1.165, 1.54) is 0 Å². The Morgan fingerprint density at radius 2 is 2.14 bits per heavy atom. The zero-order chi connectivity index (χ0) is 15.8. The van der Waals surface area contributed by atoms with E-state index in [0.717, 1.165) is 19.4 Å². The van der Waals surface area contributed by atoms with Gasteiger partial charge in [-0.3, -0.25) is 4.79 Å². The number of carbonyl (C=O) groups excluding carboxylic acids is 1. The third-order valence-corrected chi connectivity index (χ3v) is 3.49. The Labute approximate surface area is 129 Å². The van der Waals surface area contributed by atoms with Crippen molar-refractivity contribution in [1.29, 1.82) is 0 Å². The van der Waals surface area contributed by atoms with Crippen LogP contribution in [0.15, 0.2) is 30.3 Å². The molecular formula is C16H21NO5. The number of rotatable bonds is 8. The molecule has 1 aliphatic heterocycles. The largest absolute Gasteiger partial charge is 0.479 e. The highest BCUT2D eigenvalue weighted by molar-refractivity contribution is 5.84. The minimum atomic E-state index is -1.08. The summed E-state index contributed by atoms with van der Waals surface area (Å²) in [6.07, 6.45) is 2.29. The summed E-state index contributed by atoms with van der Waals surface area (Å²) in [4.78, 5) is 23.1. The van der Waals surface area contributed by atoms with Crippen molar-refractivity contribution in [2.24, 2.45) is 0 Å². The Morgan fingerprint density at radius 1 is 1.36 bits per heavy atom. The Balaban J connectivity index is 1.73. The van der Waals surface area contributed by atoms with E-state index in [1.54, 1.807) is 30.3 Å². The highest BCUT2D eigenvalue weighted by Gasteiger charge is 2.21. The molecule has 0 aromatic heterocycles. The smallest absolute Gasteiger partial charge is 0.330 e. The van der Waals surface area contributed by atoms with E-state index in [2.05, 4.69) is 5.32 Å². The van der Waals surface area contributed by atoms with Crippen LogP contribution in [0.4, 0.5) is 0 Å². The summed E-state index contributed by atoms with van der Waals surface area (Å²) in [5.74, 6) is -1.43. The summed E-state index contributed by atoms with van der Waals surface area (Å²) in [5, 5.41) is 11.7. The number of ether oxygens (including phenoxy) is 2. The molecule has 1 aliphatic rings. The van der Waals surface area contributed by atoms with Gasteiger partial charge in [0, 0.05) is 13.0 Å². The van der Waals surface area contributed by atoms with Gasteiger partial charge in [-0.15, -0.1) is 0 Å². The summed E-state index contributed by atoms with van der Waals surface area (Å²) in [6.45, 7) is 1.51. The van der Waals surface area contributed by atoms with E-state index in [-0.39, 0.29) is 25.0 Å². The molecule has 2 atom stereocenters. The predicted octanol–water partition coefficient (Wildman–Crippen LogP) is 1.51. The van der Waals surface area contributed by atoms with Crippen molar-refractivity contribution in [2.45, 2.75) is 31.4 Å². The maximum absolute atomic E-state index is 11.8. The molecule has 1 saturated heterocycles. The average Bonchev–Trinajstić information content (AvgIpc) is 3.03. The summed E-state index contributed by atoms with van der Waals surface area (Å²) in [6, 6.07) is 7.58. The van der Waals surface area contributed by atoms with Gasteiger partial charge >= 0.3 is 5.97 Å². The molecular weight excluding hydrogens is 286 g/mol. The quantitative estimate of drug-likeness (QED) is 0.711. The van der Waals surface area contributed by atoms with Gasteiger partial charge in [-0.1, -0.05) is 30.3 Å². The number of benzene rings is 1. The molecule has 22 heavy (non-hydrogen) atoms. The van der Waals surface area contributed by atoms with Crippen LogP contribution in [0, 0.1) is 0 Å². The zero-order valence-corrected chi connectivity index (χ0v) is 12.4. The van der Waals surface area contributed by atoms with Crippen LogP contribution in [0.25, 0.3) is 0 Å². The van der Waals surface area contributed by atoms with Gasteiger partial charge < -0.3 is 19.9 Å². The number of carboxylic acids is 1. The number of carbonyl (C=O) groups is 2. The number of nitrogens with one attached hydrogen (secondary N) is 1. The van der Waals surface area contributed by atoms with Crippen LogP contribution in [0.1, 0.15) is 30.9 Å². The second-order valence-electron chi connectivity index (χ2n) is 5.21. The molecule has 1 fully saturated rings. The number of carboxylic acid groups (broad SMARTS) is 1. The van der Waals surface area contributed by atoms with Crippen molar-refractivity contribution in [3.8, 4) is 0 Å². The first-order chi connectivity index (χ1) is 10.7. The first-order valence-electron chi connectivity index (χ1n) is 7.43. The van der Waals surface area contributed by atoms with Gasteiger partial charge in [0.15, 0.2) is 6.04 Å². The summed E-state index contributed by atoms with van der Waals surface area (Å²) >= 11 is 0. The second-order valence-corrected chi connectivity index (χ2v) is 5.21. The third-order valence-electron chi connectivity index (χ3n) is 3.49. The fourth-order valence-electron chi connectivity index (χ4n) is 2.32. The molecule has 2 N–H and O–H groups in total. The average molecular weight is 307 g/mol. The van der Waals surface area contributed by atoms with Crippen molar-refractivity contribution in [2.75, 3.05) is 19.8 Å². The molecule has 0 spiro atoms. The molecule has 6 heteroatoms. The van der Waals surface area contributed by atoms with Gasteiger partial charge in [-0.25, -0.2) is 4.79 Å². The Morgan fingerprint density at radius 3 is 2.77 bits per heavy atom. The van der Waals surface area contributed by atoms with E-state index < -0.39 is 12.0 Å². The maximum Gasteiger partial charge on any atom is 0.330 e. The molecule has 120 valence electrons. The summed E-state index contributed by atoms with van der Waals surface area (Å²) in [5.41, 5.74) is 0.545. The zero-order valence-electron chi connectivity index (χ0n) is 12.4. The second kappa shape index (κ2) is 8.51. The first kappa shape index (κ1) is 16.5. The Kier molecular flexibility index (Phi) is 6.36. The molecule has 1 amide bonds. The molecule has 1 aromatic carbocycles. The normalized spacial score (nSPS) is 18.8. The minimum absolute atomic E-state index is 0.124. The van der Waals surface area contributed by atoms with Gasteiger partial charge in [-0.05, 0) is 18.4 Å². The van der Waals surface area contributed by atoms with Crippen LogP contribution in [-0.2, 0) is 19.1 Å². The van der Waals surface area contributed by atoms with Crippen molar-refractivity contribution in [1.82, 2.24) is 5.32 Å². The molecule has 0 aliphatic carbocycles. The lowest BCUT2D eigenvalue weighted by atomic mass is 10.1. The highest BCUT2D eigenvalue weighted by atomic mass is 16.5. The molecule has 0 saturated carbocycles. The lowest BCUT2D eigenvalue weighted by molar-refractivity contribution is -0.142. The molecule has 0 bridgehead atoms. The monoisotopic (exact) mass is 307 g/mol. The van der Waals surface area contributed by atoms with Gasteiger partial charge in [0.2, 0.25) is 5.91 Å². The Bertz CT molecular complexity index is 485. The summed E-state index contributed by atoms with van der Waals surface area (Å²) < 4.78 is 10.8. The van der Waals surface area contributed by atoms with E-state index >= 15 is 0 Å². The minimum Gasteiger partial charge on any atom is -0.479 e. The van der Waals surface area contributed by atoms with Gasteiger partial charge in [-0.2, -0.15) is 0 Å². The molecule has 1 unspecified atom stereocenters. The van der Waals surface area contributed by atoms with Crippen molar-refractivity contribution in [3.63, 3.8) is 0 Å². The number of hydrogen-bond acceptors (Lipinski definition) is 4. The van der Waals surface area contributed by atoms with Crippen molar-refractivity contribution >= 4 is 11.9 Å². The molecule has 0 radical (unpaired) electrons. The van der Waals surface area contributed by atoms with E-state index in [4.69, 9.17) is 9.47 Å². The van der Waals surface area contributed by atoms with Gasteiger partial charge in [0.05, 0.1) is 19.3 Å². The fraction of sp³-hybridized carbons (Fsp3) is 0.500. The van der Waals surface area contributed by atoms with Crippen LogP contribution >= 0.6 is 0 Å². The summed E-state index contributed by atoms with van der Waals surface area (Å²) in [7, 11) is 0. The maximum atomic E-state index is 11.8. The van der Waals surface area contributed by atoms with Crippen LogP contribution in [0.3, 0.4) is 0 Å². The standard InChI is InChI=1S/C16H21NO5/c18-14(8-10-21-11-13-7-4-9-22-13)17-15(16(19)20)12-5-2-1-3-6-12/h1-3,5-6,13,15H,4,7-11H2,(H,17,18)(H,19,20)/t13?,15-/m0/s1. The lowest BCUT2D eigenvalue weighted by Crippen LogP contribution is -2.34. The number of aliphatic carboxylic acids is 1. The third kappa shape index (κ3) is 5.13. The van der Waals surface area contributed by atoms with Crippen LogP contribution < -0.4 is 5.32 Å². The van der Waals surface area contributed by atoms with E-state index in [9.17, 15) is 14.7 Å². The van der Waals surface area contributed by atoms with Crippen LogP contribution in [-0.4, -0.2) is 42.9 Å². The predicted molar refractivity (Wildman–Crippen MR) is 79.4 cm³/mol. The number of hydrogen-bond donors (Lipinski definition) is 2. The molecule has 1 aromatic rings. The molecule has 2 rings (SSSR count). The first-order valence-corrected chi connectivity index (χ1v) is 7.43. The van der Waals surface area contributed by atoms with Crippen molar-refractivity contribution < 1.29 is 24.2 Å². The highest BCUT2D eigenvalue weighted by Crippen LogP contribution is 2.13. The van der Waals surface area contributed by atoms with Crippen LogP contribution in [0.5, 0.6) is 0 Å². The van der Waals surface area contributed by atoms with Gasteiger partial charge in [0.1, 0.15) is 0 Å². The Hall–Kier alpha value is -1.92. The van der Waals surface area contributed by atoms with Crippen LogP contribution in [0.2, 0.25) is 0 Å². The lowest BCUT2D eigenvalue weighted by Gasteiger charge is -2.15. The topological polar surface area (TPSA) is 84.9 Å². The van der Waals surface area contributed by atoms with Gasteiger partial charge in [0.25, 0.3) is 0 Å².